The molecule has 0 bridgehead atoms. The first-order valence-electron chi connectivity index (χ1n) is 7.23. The van der Waals surface area contributed by atoms with Crippen LogP contribution in [-0.4, -0.2) is 10.2 Å². The van der Waals surface area contributed by atoms with Crippen molar-refractivity contribution in [3.05, 3.63) is 91.1 Å². The van der Waals surface area contributed by atoms with E-state index < -0.39 is 0 Å². The molecule has 3 aromatic rings. The van der Waals surface area contributed by atoms with Crippen molar-refractivity contribution in [2.24, 2.45) is 0 Å². The van der Waals surface area contributed by atoms with E-state index in [2.05, 4.69) is 31.0 Å². The highest BCUT2D eigenvalue weighted by atomic mass is 79.9. The maximum Gasteiger partial charge on any atom is 0.264 e. The molecule has 0 aliphatic rings. The van der Waals surface area contributed by atoms with Crippen LogP contribution in [0.5, 0.6) is 11.5 Å². The molecule has 0 aliphatic heterocycles. The summed E-state index contributed by atoms with van der Waals surface area (Å²) in [5.41, 5.74) is 1.95. The van der Waals surface area contributed by atoms with Crippen molar-refractivity contribution in [3.8, 4) is 11.5 Å². The Bertz CT molecular complexity index is 1010. The molecule has 25 heavy (non-hydrogen) atoms. The third-order valence-corrected chi connectivity index (χ3v) is 4.31. The van der Waals surface area contributed by atoms with Crippen LogP contribution >= 0.6 is 27.5 Å². The fourth-order valence-corrected chi connectivity index (χ4v) is 2.78. The Labute approximate surface area is 157 Å². The van der Waals surface area contributed by atoms with Crippen LogP contribution in [0.2, 0.25) is 5.02 Å². The molecule has 0 saturated heterocycles. The number of halogens is 2. The zero-order valence-corrected chi connectivity index (χ0v) is 15.1. The van der Waals surface area contributed by atoms with Gasteiger partial charge in [-0.05, 0) is 51.8 Å². The quantitative estimate of drug-likeness (QED) is 0.601. The number of nitrogens with one attached hydrogen (secondary N) is 1. The normalized spacial score (nSPS) is 10.3. The minimum absolute atomic E-state index is 0.239. The third-order valence-electron chi connectivity index (χ3n) is 3.38. The molecule has 5 nitrogen and oxygen atoms in total. The number of nitrogens with zero attached hydrogens (tertiary/aromatic N) is 2. The fraction of sp³-hybridized carbons (Fsp3) is 0.0556. The average Bonchev–Trinajstić information content (AvgIpc) is 2.61. The number of benzene rings is 2. The molecule has 0 radical (unpaired) electrons. The lowest BCUT2D eigenvalue weighted by Gasteiger charge is -2.11. The number of aromatic nitrogens is 2. The zero-order chi connectivity index (χ0) is 17.8. The van der Waals surface area contributed by atoms with Gasteiger partial charge in [-0.1, -0.05) is 23.7 Å². The van der Waals surface area contributed by atoms with Crippen LogP contribution in [0.15, 0.2) is 57.8 Å². The average molecular weight is 417 g/mol. The molecule has 0 saturated carbocycles. The van der Waals surface area contributed by atoms with E-state index in [1.54, 1.807) is 30.3 Å². The molecule has 124 valence electrons. The fourth-order valence-electron chi connectivity index (χ4n) is 2.18. The molecular formula is C18H11BrClN3O2. The molecule has 0 amide bonds. The van der Waals surface area contributed by atoms with Crippen molar-refractivity contribution < 1.29 is 4.74 Å². The van der Waals surface area contributed by atoms with E-state index in [0.717, 1.165) is 11.3 Å². The summed E-state index contributed by atoms with van der Waals surface area (Å²) < 4.78 is 6.55. The Morgan fingerprint density at radius 2 is 2.00 bits per heavy atom. The lowest BCUT2D eigenvalue weighted by molar-refractivity contribution is 0.479. The van der Waals surface area contributed by atoms with Gasteiger partial charge in [0.25, 0.3) is 5.56 Å². The Kier molecular flexibility index (Phi) is 5.17. The molecule has 1 N–H and O–H groups in total. The molecule has 0 unspecified atom stereocenters. The first kappa shape index (κ1) is 17.2. The standard InChI is InChI=1S/C18H11BrClN3O2/c1-21-12-3-6-16(14(19)10-12)25-17-9-11(2-5-15(17)20)8-13-4-7-18(24)23-22-13/h2-7,9-10H,8H2,(H,23,24). The molecule has 3 rings (SSSR count). The van der Waals surface area contributed by atoms with Gasteiger partial charge in [0, 0.05) is 17.0 Å². The molecule has 2 aromatic carbocycles. The van der Waals surface area contributed by atoms with Crippen LogP contribution in [0.25, 0.3) is 4.85 Å². The van der Waals surface area contributed by atoms with Gasteiger partial charge < -0.3 is 4.74 Å². The van der Waals surface area contributed by atoms with Gasteiger partial charge in [-0.3, -0.25) is 4.79 Å². The lowest BCUT2D eigenvalue weighted by atomic mass is 10.1. The summed E-state index contributed by atoms with van der Waals surface area (Å²) in [6.45, 7) is 7.03. The molecule has 0 atom stereocenters. The second-order valence-electron chi connectivity index (χ2n) is 5.18. The Hall–Kier alpha value is -2.62. The molecule has 0 aliphatic carbocycles. The maximum atomic E-state index is 11.1. The number of aromatic amines is 1. The van der Waals surface area contributed by atoms with Gasteiger partial charge in [0.2, 0.25) is 0 Å². The number of H-pyrrole nitrogens is 1. The highest BCUT2D eigenvalue weighted by Gasteiger charge is 2.09. The minimum atomic E-state index is -0.239. The number of hydrogen-bond acceptors (Lipinski definition) is 3. The van der Waals surface area contributed by atoms with E-state index >= 15 is 0 Å². The topological polar surface area (TPSA) is 59.3 Å². The SMILES string of the molecule is [C-]#[N+]c1ccc(Oc2cc(Cc3ccc(=O)[nH]n3)ccc2Cl)c(Br)c1. The molecule has 1 heterocycles. The van der Waals surface area contributed by atoms with Crippen molar-refractivity contribution in [2.45, 2.75) is 6.42 Å². The van der Waals surface area contributed by atoms with Crippen LogP contribution in [0.3, 0.4) is 0 Å². The largest absolute Gasteiger partial charge is 0.455 e. The summed E-state index contributed by atoms with van der Waals surface area (Å²) in [5.74, 6) is 1.06. The van der Waals surface area contributed by atoms with E-state index in [9.17, 15) is 4.79 Å². The van der Waals surface area contributed by atoms with Crippen LogP contribution in [-0.2, 0) is 6.42 Å². The Balaban J connectivity index is 1.85. The van der Waals surface area contributed by atoms with E-state index in [0.29, 0.717) is 33.1 Å². The third kappa shape index (κ3) is 4.27. The Morgan fingerprint density at radius 1 is 1.16 bits per heavy atom. The monoisotopic (exact) mass is 415 g/mol. The van der Waals surface area contributed by atoms with E-state index in [1.165, 1.54) is 6.07 Å². The molecule has 0 fully saturated rings. The summed E-state index contributed by atoms with van der Waals surface area (Å²) in [5, 5.41) is 6.88. The van der Waals surface area contributed by atoms with Crippen molar-refractivity contribution in [3.63, 3.8) is 0 Å². The van der Waals surface area contributed by atoms with Gasteiger partial charge in [-0.15, -0.1) is 0 Å². The second kappa shape index (κ2) is 7.51. The molecule has 0 spiro atoms. The molecule has 1 aromatic heterocycles. The smallest absolute Gasteiger partial charge is 0.264 e. The number of hydrogen-bond donors (Lipinski definition) is 1. The summed E-state index contributed by atoms with van der Waals surface area (Å²) in [4.78, 5) is 14.4. The van der Waals surface area contributed by atoms with Gasteiger partial charge in [0.05, 0.1) is 17.3 Å². The van der Waals surface area contributed by atoms with Crippen LogP contribution in [0.1, 0.15) is 11.3 Å². The summed E-state index contributed by atoms with van der Waals surface area (Å²) in [6, 6.07) is 13.6. The predicted octanol–water partition coefficient (Wildman–Crippen LogP) is 5.12. The van der Waals surface area contributed by atoms with Crippen LogP contribution < -0.4 is 10.3 Å². The van der Waals surface area contributed by atoms with Gasteiger partial charge in [-0.25, -0.2) is 9.94 Å². The number of rotatable bonds is 4. The van der Waals surface area contributed by atoms with Crippen molar-refractivity contribution in [1.29, 1.82) is 0 Å². The second-order valence-corrected chi connectivity index (χ2v) is 6.44. The van der Waals surface area contributed by atoms with E-state index in [1.807, 2.05) is 12.1 Å². The molecular weight excluding hydrogens is 406 g/mol. The van der Waals surface area contributed by atoms with E-state index in [4.69, 9.17) is 22.9 Å². The van der Waals surface area contributed by atoms with Gasteiger partial charge >= 0.3 is 0 Å². The predicted molar refractivity (Wildman–Crippen MR) is 99.6 cm³/mol. The van der Waals surface area contributed by atoms with Gasteiger partial charge in [-0.2, -0.15) is 5.10 Å². The van der Waals surface area contributed by atoms with Gasteiger partial charge in [0.15, 0.2) is 5.69 Å². The summed E-state index contributed by atoms with van der Waals surface area (Å²) in [6.07, 6.45) is 0.530. The van der Waals surface area contributed by atoms with Crippen molar-refractivity contribution in [1.82, 2.24) is 10.2 Å². The zero-order valence-electron chi connectivity index (χ0n) is 12.8. The lowest BCUT2D eigenvalue weighted by Crippen LogP contribution is -2.07. The van der Waals surface area contributed by atoms with Gasteiger partial charge in [0.1, 0.15) is 11.5 Å². The highest BCUT2D eigenvalue weighted by molar-refractivity contribution is 9.10. The first-order valence-corrected chi connectivity index (χ1v) is 8.40. The minimum Gasteiger partial charge on any atom is -0.455 e. The van der Waals surface area contributed by atoms with Crippen LogP contribution in [0, 0.1) is 6.57 Å². The summed E-state index contributed by atoms with van der Waals surface area (Å²) in [7, 11) is 0. The summed E-state index contributed by atoms with van der Waals surface area (Å²) >= 11 is 9.62. The number of ether oxygens (including phenoxy) is 1. The highest BCUT2D eigenvalue weighted by Crippen LogP contribution is 2.36. The first-order chi connectivity index (χ1) is 12.0. The Morgan fingerprint density at radius 3 is 2.68 bits per heavy atom. The van der Waals surface area contributed by atoms with Crippen molar-refractivity contribution >= 4 is 33.2 Å². The van der Waals surface area contributed by atoms with E-state index in [-0.39, 0.29) is 5.56 Å². The molecule has 7 heteroatoms. The van der Waals surface area contributed by atoms with Crippen LogP contribution in [0.4, 0.5) is 5.69 Å². The van der Waals surface area contributed by atoms with Crippen molar-refractivity contribution in [2.75, 3.05) is 0 Å². The maximum absolute atomic E-state index is 11.1.